The highest BCUT2D eigenvalue weighted by molar-refractivity contribution is 6.35. The van der Waals surface area contributed by atoms with Crippen molar-refractivity contribution in [2.45, 2.75) is 114 Å². The number of piperidine rings is 2. The zero-order chi connectivity index (χ0) is 60.0. The number of carboxylic acid groups (broad SMARTS) is 2. The Balaban J connectivity index is 0.000000204. The van der Waals surface area contributed by atoms with Gasteiger partial charge in [0.2, 0.25) is 0 Å². The molecule has 10 rings (SSSR count). The molecule has 0 aromatic heterocycles. The van der Waals surface area contributed by atoms with E-state index in [9.17, 15) is 55.7 Å². The first-order chi connectivity index (χ1) is 39.3. The van der Waals surface area contributed by atoms with Crippen LogP contribution in [0.4, 0.5) is 35.1 Å². The molecule has 4 aromatic carbocycles. The second-order valence-corrected chi connectivity index (χ2v) is 23.2. The highest BCUT2D eigenvalue weighted by Gasteiger charge is 2.47. The van der Waals surface area contributed by atoms with Gasteiger partial charge in [-0.1, -0.05) is 46.4 Å². The van der Waals surface area contributed by atoms with E-state index in [0.29, 0.717) is 46.7 Å². The van der Waals surface area contributed by atoms with Crippen LogP contribution < -0.4 is 9.47 Å². The van der Waals surface area contributed by atoms with Gasteiger partial charge in [-0.2, -0.15) is 26.3 Å². The summed E-state index contributed by atoms with van der Waals surface area (Å²) in [5, 5.41) is 20.4. The summed E-state index contributed by atoms with van der Waals surface area (Å²) in [6.45, 7) is 0.923. The van der Waals surface area contributed by atoms with E-state index in [1.54, 1.807) is 19.1 Å². The fraction of sp³-hybridized carbons (Fsp3) is 0.509. The van der Waals surface area contributed by atoms with Gasteiger partial charge in [0.1, 0.15) is 42.6 Å². The minimum atomic E-state index is -4.53. The molecule has 4 aromatic rings. The summed E-state index contributed by atoms with van der Waals surface area (Å²) in [7, 11) is 0. The minimum Gasteiger partial charge on any atom is -0.493 e. The molecule has 3 unspecified atom stereocenters. The lowest BCUT2D eigenvalue weighted by molar-refractivity contribution is -0.190. The van der Waals surface area contributed by atoms with Crippen molar-refractivity contribution in [2.75, 3.05) is 59.5 Å². The lowest BCUT2D eigenvalue weighted by atomic mass is 9.94. The molecule has 2 N–H and O–H groups in total. The van der Waals surface area contributed by atoms with E-state index in [1.165, 1.54) is 35.2 Å². The van der Waals surface area contributed by atoms with Crippen LogP contribution in [0.2, 0.25) is 20.1 Å². The highest BCUT2D eigenvalue weighted by Crippen LogP contribution is 2.48. The number of carboxylic acids is 2. The SMILES string of the molecule is C[C@H]1OCN(C(=O)c2cc(C3CC3)c(OCC3CCN(Cc4cc(Cl)cc(Cl)c4)CC3)cc2F)C1C(=O)O.FC(F)F.O=C(O)C1COCN1C(=O)c1cc(C2CC2)c(OCC2CCN(C(c3cc(Cl)cc(Cl)c3)C(F)(F)F)CC2)cc1F. The van der Waals surface area contributed by atoms with Crippen molar-refractivity contribution in [1.82, 2.24) is 19.6 Å². The molecule has 2 amide bonds. The van der Waals surface area contributed by atoms with Gasteiger partial charge in [0.05, 0.1) is 37.1 Å². The molecule has 2 saturated carbocycles. The van der Waals surface area contributed by atoms with Gasteiger partial charge in [0.15, 0.2) is 12.1 Å². The lowest BCUT2D eigenvalue weighted by Crippen LogP contribution is -2.44. The smallest absolute Gasteiger partial charge is 0.408 e. The van der Waals surface area contributed by atoms with Crippen LogP contribution in [0.1, 0.15) is 119 Å². The average molecular weight is 1250 g/mol. The zero-order valence-electron chi connectivity index (χ0n) is 44.7. The van der Waals surface area contributed by atoms with E-state index in [-0.39, 0.29) is 90.0 Å². The number of amides is 2. The monoisotopic (exact) mass is 1250 g/mol. The predicted molar refractivity (Wildman–Crippen MR) is 290 cm³/mol. The van der Waals surface area contributed by atoms with Crippen LogP contribution in [-0.4, -0.2) is 144 Å². The molecule has 4 aliphatic heterocycles. The number of halogens is 12. The van der Waals surface area contributed by atoms with Crippen molar-refractivity contribution in [1.29, 1.82) is 0 Å². The predicted octanol–water partition coefficient (Wildman–Crippen LogP) is 13.0. The van der Waals surface area contributed by atoms with Crippen molar-refractivity contribution in [2.24, 2.45) is 11.8 Å². The Morgan fingerprint density at radius 3 is 1.54 bits per heavy atom. The van der Waals surface area contributed by atoms with Crippen LogP contribution in [0.3, 0.4) is 0 Å². The van der Waals surface area contributed by atoms with Gasteiger partial charge in [-0.15, -0.1) is 0 Å². The molecular weight excluding hydrogens is 1190 g/mol. The summed E-state index contributed by atoms with van der Waals surface area (Å²) in [5.41, 5.74) is 2.15. The van der Waals surface area contributed by atoms with Gasteiger partial charge >= 0.3 is 24.8 Å². The Hall–Kier alpha value is -5.20. The number of likely N-dealkylation sites (tertiary alicyclic amines) is 2. The summed E-state index contributed by atoms with van der Waals surface area (Å²) in [6, 6.07) is 10.8. The maximum atomic E-state index is 15.2. The molecule has 0 radical (unpaired) electrons. The van der Waals surface area contributed by atoms with Crippen LogP contribution in [-0.2, 0) is 25.6 Å². The maximum absolute atomic E-state index is 15.2. The molecular formula is C57H60Cl4F8N4O10. The zero-order valence-corrected chi connectivity index (χ0v) is 47.7. The maximum Gasteiger partial charge on any atom is 0.408 e. The first-order valence-corrected chi connectivity index (χ1v) is 28.4. The van der Waals surface area contributed by atoms with Crippen LogP contribution in [0.5, 0.6) is 11.5 Å². The normalized spacial score (nSPS) is 21.3. The number of hydrogen-bond donors (Lipinski definition) is 2. The highest BCUT2D eigenvalue weighted by atomic mass is 35.5. The molecule has 26 heteroatoms. The van der Waals surface area contributed by atoms with Crippen molar-refractivity contribution >= 4 is 70.2 Å². The molecule has 4 saturated heterocycles. The van der Waals surface area contributed by atoms with Crippen molar-refractivity contribution in [3.63, 3.8) is 0 Å². The lowest BCUT2D eigenvalue weighted by Gasteiger charge is -2.38. The summed E-state index contributed by atoms with van der Waals surface area (Å²) < 4.78 is 124. The topological polar surface area (TPSA) is 159 Å². The molecule has 6 fully saturated rings. The minimum absolute atomic E-state index is 0.0148. The molecule has 14 nitrogen and oxygen atoms in total. The van der Waals surface area contributed by atoms with Gasteiger partial charge in [0.25, 0.3) is 11.8 Å². The molecule has 452 valence electrons. The van der Waals surface area contributed by atoms with Crippen molar-refractivity contribution < 1.29 is 83.5 Å². The third-order valence-corrected chi connectivity index (χ3v) is 16.3. The fourth-order valence-corrected chi connectivity index (χ4v) is 12.0. The molecule has 83 heavy (non-hydrogen) atoms. The Labute approximate surface area is 493 Å². The van der Waals surface area contributed by atoms with E-state index in [2.05, 4.69) is 4.90 Å². The van der Waals surface area contributed by atoms with Crippen molar-refractivity contribution in [3.05, 3.63) is 126 Å². The van der Waals surface area contributed by atoms with E-state index < -0.39 is 72.5 Å². The van der Waals surface area contributed by atoms with Gasteiger partial charge in [-0.3, -0.25) is 29.2 Å². The standard InChI is InChI=1S/C28H28Cl2F4N2O5.C28H31Cl2FN2O5.CHF3/c29-18-7-17(8-19(30)9-18)25(28(32,33)34)35-5-3-15(4-6-35)12-41-24-11-22(31)21(10-20(24)16-1-2-16)26(37)36-14-40-13-23(36)27(38)39;1-16-26(28(35)36)33(15-38-16)27(34)23-11-22(19-2-3-19)25(12-24(23)31)37-14-17-4-6-32(7-5-17)13-18-8-20(29)10-21(30)9-18;2-1(3)4/h7-11,15-16,23,25H,1-6,12-14H2,(H,38,39);8-12,16-17,19,26H,2-7,13-15H2,1H3,(H,35,36);1H/t;16-,26?;/m.1./s1. The van der Waals surface area contributed by atoms with Crippen LogP contribution in [0.25, 0.3) is 0 Å². The number of rotatable bonds is 16. The van der Waals surface area contributed by atoms with E-state index in [4.69, 9.17) is 65.4 Å². The quantitative estimate of drug-likeness (QED) is 0.102. The summed E-state index contributed by atoms with van der Waals surface area (Å²) in [5.74, 6) is -4.07. The first kappa shape index (κ1) is 63.8. The van der Waals surface area contributed by atoms with Gasteiger partial charge in [0, 0.05) is 38.8 Å². The third kappa shape index (κ3) is 16.8. The van der Waals surface area contributed by atoms with Gasteiger partial charge < -0.3 is 29.2 Å². The number of hydrogen-bond acceptors (Lipinski definition) is 10. The molecule has 4 atom stereocenters. The largest absolute Gasteiger partial charge is 0.493 e. The summed E-state index contributed by atoms with van der Waals surface area (Å²) >= 11 is 24.2. The Morgan fingerprint density at radius 2 is 1.10 bits per heavy atom. The van der Waals surface area contributed by atoms with Crippen molar-refractivity contribution in [3.8, 4) is 11.5 Å². The summed E-state index contributed by atoms with van der Waals surface area (Å²) in [6.07, 6.45) is 1.15. The third-order valence-electron chi connectivity index (χ3n) is 15.4. The van der Waals surface area contributed by atoms with Crippen LogP contribution in [0, 0.1) is 23.5 Å². The van der Waals surface area contributed by atoms with Gasteiger partial charge in [-0.05, 0) is 179 Å². The first-order valence-electron chi connectivity index (χ1n) is 26.9. The number of alkyl halides is 6. The average Bonchev–Trinajstić information content (AvgIpc) is 4.13. The van der Waals surface area contributed by atoms with E-state index in [0.717, 1.165) is 85.2 Å². The second kappa shape index (κ2) is 27.9. The molecule has 2 aliphatic carbocycles. The number of benzene rings is 4. The number of ether oxygens (including phenoxy) is 4. The molecule has 0 bridgehead atoms. The van der Waals surface area contributed by atoms with Crippen LogP contribution in [0.15, 0.2) is 60.7 Å². The van der Waals surface area contributed by atoms with E-state index >= 15 is 8.78 Å². The number of nitrogens with zero attached hydrogens (tertiary/aromatic N) is 4. The Kier molecular flexibility index (Phi) is 21.4. The number of carbonyl (C=O) groups is 4. The molecule has 6 aliphatic rings. The number of carbonyl (C=O) groups excluding carboxylic acids is 2. The molecule has 4 heterocycles. The molecule has 0 spiro atoms. The van der Waals surface area contributed by atoms with E-state index in [1.807, 2.05) is 12.1 Å². The summed E-state index contributed by atoms with van der Waals surface area (Å²) in [4.78, 5) is 55.0. The Bertz CT molecular complexity index is 2940. The van der Waals surface area contributed by atoms with Crippen LogP contribution >= 0.6 is 46.4 Å². The number of aliphatic carboxylic acids is 2. The Morgan fingerprint density at radius 1 is 0.639 bits per heavy atom. The van der Waals surface area contributed by atoms with Gasteiger partial charge in [-0.25, -0.2) is 18.4 Å². The fourth-order valence-electron chi connectivity index (χ4n) is 10.9. The second-order valence-electron chi connectivity index (χ2n) is 21.5.